The number of benzene rings is 1. The van der Waals surface area contributed by atoms with Crippen molar-refractivity contribution in [1.82, 2.24) is 9.78 Å². The zero-order valence-electron chi connectivity index (χ0n) is 13.0. The van der Waals surface area contributed by atoms with E-state index in [9.17, 15) is 0 Å². The summed E-state index contributed by atoms with van der Waals surface area (Å²) in [4.78, 5) is 0. The van der Waals surface area contributed by atoms with E-state index in [4.69, 9.17) is 10.8 Å². The molecule has 1 aromatic heterocycles. The normalized spacial score (nSPS) is 21.5. The van der Waals surface area contributed by atoms with Crippen LogP contribution in [0.2, 0.25) is 0 Å². The van der Waals surface area contributed by atoms with Gasteiger partial charge in [0.1, 0.15) is 0 Å². The molecule has 0 spiro atoms. The second kappa shape index (κ2) is 5.64. The third kappa shape index (κ3) is 2.62. The Morgan fingerprint density at radius 1 is 1.29 bits per heavy atom. The highest BCUT2D eigenvalue weighted by Gasteiger charge is 2.35. The lowest BCUT2D eigenvalue weighted by Crippen LogP contribution is -2.40. The van der Waals surface area contributed by atoms with E-state index in [0.29, 0.717) is 12.6 Å². The first-order chi connectivity index (χ1) is 10.1. The second-order valence-corrected chi connectivity index (χ2v) is 6.55. The Labute approximate surface area is 127 Å². The van der Waals surface area contributed by atoms with Gasteiger partial charge in [-0.2, -0.15) is 5.10 Å². The Balaban J connectivity index is 1.94. The lowest BCUT2D eigenvalue weighted by atomic mass is 9.67. The van der Waals surface area contributed by atoms with Crippen molar-refractivity contribution in [2.75, 3.05) is 6.54 Å². The van der Waals surface area contributed by atoms with Gasteiger partial charge in [-0.05, 0) is 50.3 Å². The fraction of sp³-hybridized carbons (Fsp3) is 0.500. The maximum atomic E-state index is 6.23. The van der Waals surface area contributed by atoms with Gasteiger partial charge in [-0.3, -0.25) is 4.68 Å². The van der Waals surface area contributed by atoms with Crippen LogP contribution in [0.15, 0.2) is 36.5 Å². The lowest BCUT2D eigenvalue weighted by molar-refractivity contribution is 0.360. The summed E-state index contributed by atoms with van der Waals surface area (Å²) < 4.78 is 2.04. The van der Waals surface area contributed by atoms with Crippen molar-refractivity contribution in [3.8, 4) is 0 Å². The molecule has 3 rings (SSSR count). The van der Waals surface area contributed by atoms with Crippen LogP contribution in [-0.2, 0) is 18.3 Å². The second-order valence-electron chi connectivity index (χ2n) is 6.55. The quantitative estimate of drug-likeness (QED) is 0.936. The Kier molecular flexibility index (Phi) is 3.85. The molecule has 2 aromatic rings. The fourth-order valence-electron chi connectivity index (χ4n) is 3.58. The molecule has 0 aliphatic heterocycles. The van der Waals surface area contributed by atoms with Gasteiger partial charge in [0, 0.05) is 30.6 Å². The van der Waals surface area contributed by atoms with Gasteiger partial charge in [-0.1, -0.05) is 24.3 Å². The van der Waals surface area contributed by atoms with Gasteiger partial charge >= 0.3 is 0 Å². The molecule has 1 heterocycles. The molecule has 21 heavy (non-hydrogen) atoms. The number of nitrogens with two attached hydrogens (primary N) is 1. The third-order valence-electron chi connectivity index (χ3n) is 4.79. The summed E-state index contributed by atoms with van der Waals surface area (Å²) in [7, 11) is 0. The number of nitrogens with zero attached hydrogens (tertiary/aromatic N) is 2. The maximum Gasteiger partial charge on any atom is 0.0634 e. The largest absolute Gasteiger partial charge is 0.330 e. The van der Waals surface area contributed by atoms with Crippen molar-refractivity contribution in [1.29, 1.82) is 0 Å². The Bertz CT molecular complexity index is 614. The fourth-order valence-corrected chi connectivity index (χ4v) is 3.58. The lowest BCUT2D eigenvalue weighted by Gasteiger charge is -2.38. The molecule has 1 atom stereocenters. The van der Waals surface area contributed by atoms with Gasteiger partial charge in [0.25, 0.3) is 0 Å². The van der Waals surface area contributed by atoms with Crippen molar-refractivity contribution in [3.63, 3.8) is 0 Å². The average Bonchev–Trinajstić information content (AvgIpc) is 2.96. The first kappa shape index (κ1) is 14.3. The summed E-state index contributed by atoms with van der Waals surface area (Å²) in [5.41, 5.74) is 10.4. The van der Waals surface area contributed by atoms with Crippen LogP contribution in [0.4, 0.5) is 0 Å². The molecule has 0 bridgehead atoms. The van der Waals surface area contributed by atoms with Crippen molar-refractivity contribution in [2.45, 2.75) is 51.0 Å². The molecule has 0 radical (unpaired) electrons. The summed E-state index contributed by atoms with van der Waals surface area (Å²) in [6, 6.07) is 11.4. The van der Waals surface area contributed by atoms with Gasteiger partial charge in [-0.25, -0.2) is 0 Å². The summed E-state index contributed by atoms with van der Waals surface area (Å²) in [6.07, 6.45) is 6.59. The first-order valence-corrected chi connectivity index (χ1v) is 7.97. The summed E-state index contributed by atoms with van der Waals surface area (Å²) in [6.45, 7) is 5.01. The van der Waals surface area contributed by atoms with Crippen LogP contribution in [0.25, 0.3) is 0 Å². The first-order valence-electron chi connectivity index (χ1n) is 7.97. The van der Waals surface area contributed by atoms with Crippen molar-refractivity contribution >= 4 is 0 Å². The van der Waals surface area contributed by atoms with Crippen molar-refractivity contribution in [2.24, 2.45) is 5.73 Å². The molecular weight excluding hydrogens is 258 g/mol. The van der Waals surface area contributed by atoms with Crippen LogP contribution in [-0.4, -0.2) is 16.3 Å². The van der Waals surface area contributed by atoms with E-state index >= 15 is 0 Å². The molecule has 0 fully saturated rings. The van der Waals surface area contributed by atoms with Gasteiger partial charge < -0.3 is 5.73 Å². The molecule has 1 unspecified atom stereocenters. The molecular formula is C18H25N3. The van der Waals surface area contributed by atoms with Crippen LogP contribution in [0.3, 0.4) is 0 Å². The highest BCUT2D eigenvalue weighted by molar-refractivity contribution is 5.38. The van der Waals surface area contributed by atoms with Gasteiger partial charge in [0.15, 0.2) is 0 Å². The molecule has 1 aliphatic carbocycles. The molecule has 0 amide bonds. The van der Waals surface area contributed by atoms with Crippen LogP contribution in [0.1, 0.15) is 49.6 Å². The molecule has 112 valence electrons. The zero-order chi connectivity index (χ0) is 14.9. The molecule has 0 saturated carbocycles. The number of hydrogen-bond donors (Lipinski definition) is 1. The molecule has 0 saturated heterocycles. The third-order valence-corrected chi connectivity index (χ3v) is 4.79. The Morgan fingerprint density at radius 3 is 2.81 bits per heavy atom. The molecule has 3 heteroatoms. The van der Waals surface area contributed by atoms with E-state index in [1.807, 2.05) is 4.68 Å². The summed E-state index contributed by atoms with van der Waals surface area (Å²) in [5, 5.41) is 4.73. The summed E-state index contributed by atoms with van der Waals surface area (Å²) >= 11 is 0. The average molecular weight is 283 g/mol. The highest BCUT2D eigenvalue weighted by Crippen LogP contribution is 2.39. The summed E-state index contributed by atoms with van der Waals surface area (Å²) in [5.74, 6) is 0. The Hall–Kier alpha value is -1.61. The predicted octanol–water partition coefficient (Wildman–Crippen LogP) is 3.24. The van der Waals surface area contributed by atoms with Crippen LogP contribution >= 0.6 is 0 Å². The number of aromatic nitrogens is 2. The number of aryl methyl sites for hydroxylation is 1. The maximum absolute atomic E-state index is 6.23. The predicted molar refractivity (Wildman–Crippen MR) is 86.4 cm³/mol. The van der Waals surface area contributed by atoms with E-state index in [0.717, 1.165) is 18.5 Å². The minimum atomic E-state index is 0.0605. The monoisotopic (exact) mass is 283 g/mol. The van der Waals surface area contributed by atoms with Gasteiger partial charge in [0.2, 0.25) is 0 Å². The smallest absolute Gasteiger partial charge is 0.0634 e. The van der Waals surface area contributed by atoms with Gasteiger partial charge in [0.05, 0.1) is 5.69 Å². The Morgan fingerprint density at radius 2 is 2.10 bits per heavy atom. The molecule has 1 aliphatic rings. The van der Waals surface area contributed by atoms with Gasteiger partial charge in [-0.15, -0.1) is 0 Å². The van der Waals surface area contributed by atoms with Crippen LogP contribution < -0.4 is 5.73 Å². The molecule has 2 N–H and O–H groups in total. The van der Waals surface area contributed by atoms with E-state index in [1.54, 1.807) is 0 Å². The standard InChI is InChI=1S/C18H25N3/c1-14(2)21-11-9-16(20-21)12-18(13-19)10-5-7-15-6-3-4-8-17(15)18/h3-4,6,8-9,11,14H,5,7,10,12-13,19H2,1-2H3. The zero-order valence-corrected chi connectivity index (χ0v) is 13.0. The van der Waals surface area contributed by atoms with E-state index in [1.165, 1.54) is 24.0 Å². The highest BCUT2D eigenvalue weighted by atomic mass is 15.3. The van der Waals surface area contributed by atoms with E-state index in [2.05, 4.69) is 50.4 Å². The topological polar surface area (TPSA) is 43.8 Å². The molecule has 3 nitrogen and oxygen atoms in total. The van der Waals surface area contributed by atoms with E-state index < -0.39 is 0 Å². The van der Waals surface area contributed by atoms with Crippen LogP contribution in [0, 0.1) is 0 Å². The number of fused-ring (bicyclic) bond motifs is 1. The van der Waals surface area contributed by atoms with E-state index in [-0.39, 0.29) is 5.41 Å². The van der Waals surface area contributed by atoms with Crippen molar-refractivity contribution in [3.05, 3.63) is 53.3 Å². The SMILES string of the molecule is CC(C)n1ccc(CC2(CN)CCCc3ccccc32)n1. The minimum absolute atomic E-state index is 0.0605. The number of rotatable bonds is 4. The van der Waals surface area contributed by atoms with Crippen molar-refractivity contribution < 1.29 is 0 Å². The minimum Gasteiger partial charge on any atom is -0.330 e. The number of hydrogen-bond acceptors (Lipinski definition) is 2. The molecule has 1 aromatic carbocycles. The van der Waals surface area contributed by atoms with Crippen LogP contribution in [0.5, 0.6) is 0 Å².